The van der Waals surface area contributed by atoms with Crippen molar-refractivity contribution in [1.29, 1.82) is 0 Å². The number of aliphatic imine (C=N–C) groups is 1. The third-order valence-electron chi connectivity index (χ3n) is 2.76. The minimum absolute atomic E-state index is 0.145. The minimum Gasteiger partial charge on any atom is -0.376 e. The zero-order valence-electron chi connectivity index (χ0n) is 11.8. The normalized spacial score (nSPS) is 11.0. The fourth-order valence-electron chi connectivity index (χ4n) is 1.73. The van der Waals surface area contributed by atoms with E-state index < -0.39 is 0 Å². The second-order valence-corrected chi connectivity index (χ2v) is 5.27. The zero-order chi connectivity index (χ0) is 15.8. The van der Waals surface area contributed by atoms with E-state index in [4.69, 9.17) is 29.6 Å². The number of pyridine rings is 1. The molecule has 0 aliphatic rings. The number of guanidine groups is 1. The van der Waals surface area contributed by atoms with Gasteiger partial charge in [0.1, 0.15) is 0 Å². The first-order valence-corrected chi connectivity index (χ1v) is 7.42. The van der Waals surface area contributed by atoms with Gasteiger partial charge in [0.2, 0.25) is 0 Å². The Morgan fingerprint density at radius 3 is 2.68 bits per heavy atom. The highest BCUT2D eigenvalue weighted by Crippen LogP contribution is 2.11. The molecule has 0 atom stereocenters. The summed E-state index contributed by atoms with van der Waals surface area (Å²) in [5.74, 6) is 0.484. The van der Waals surface area contributed by atoms with Gasteiger partial charge in [0.05, 0.1) is 23.8 Å². The summed E-state index contributed by atoms with van der Waals surface area (Å²) in [6.45, 7) is 0.928. The van der Waals surface area contributed by atoms with Crippen LogP contribution in [0.2, 0.25) is 5.02 Å². The van der Waals surface area contributed by atoms with E-state index >= 15 is 0 Å². The van der Waals surface area contributed by atoms with Gasteiger partial charge in [-0.05, 0) is 29.9 Å². The molecule has 2 aromatic rings. The second kappa shape index (κ2) is 8.31. The number of hydrogen-bond donors (Lipinski definition) is 3. The molecule has 0 bridgehead atoms. The molecule has 0 aliphatic carbocycles. The summed E-state index contributed by atoms with van der Waals surface area (Å²) in [6, 6.07) is 13.5. The molecule has 0 unspecified atom stereocenters. The quantitative estimate of drug-likeness (QED) is 0.454. The van der Waals surface area contributed by atoms with Crippen molar-refractivity contribution in [3.8, 4) is 0 Å². The van der Waals surface area contributed by atoms with Crippen molar-refractivity contribution in [1.82, 2.24) is 15.6 Å². The number of rotatable bonds is 4. The maximum Gasteiger partial charge on any atom is 0.198 e. The van der Waals surface area contributed by atoms with Gasteiger partial charge in [0.25, 0.3) is 0 Å². The van der Waals surface area contributed by atoms with Crippen LogP contribution in [0, 0.1) is 0 Å². The molecule has 114 valence electrons. The van der Waals surface area contributed by atoms with Gasteiger partial charge in [0.15, 0.2) is 11.1 Å². The van der Waals surface area contributed by atoms with Gasteiger partial charge in [-0.3, -0.25) is 4.98 Å². The molecule has 1 heterocycles. The minimum atomic E-state index is 0.145. The van der Waals surface area contributed by atoms with Crippen LogP contribution in [0.15, 0.2) is 53.7 Å². The van der Waals surface area contributed by atoms with Gasteiger partial charge >= 0.3 is 0 Å². The van der Waals surface area contributed by atoms with E-state index in [-0.39, 0.29) is 5.11 Å². The molecule has 0 radical (unpaired) electrons. The number of thiocarbonyl (C=S) groups is 1. The first-order valence-electron chi connectivity index (χ1n) is 6.63. The van der Waals surface area contributed by atoms with Crippen molar-refractivity contribution in [2.75, 3.05) is 0 Å². The summed E-state index contributed by atoms with van der Waals surface area (Å²) in [7, 11) is 0. The highest BCUT2D eigenvalue weighted by molar-refractivity contribution is 7.80. The zero-order valence-corrected chi connectivity index (χ0v) is 13.4. The van der Waals surface area contributed by atoms with Gasteiger partial charge in [-0.1, -0.05) is 41.9 Å². The molecule has 7 heteroatoms. The van der Waals surface area contributed by atoms with Crippen LogP contribution < -0.4 is 16.4 Å². The van der Waals surface area contributed by atoms with E-state index in [1.54, 1.807) is 18.3 Å². The molecule has 1 aromatic carbocycles. The van der Waals surface area contributed by atoms with Crippen LogP contribution in [-0.4, -0.2) is 16.1 Å². The Kier molecular flexibility index (Phi) is 6.12. The van der Waals surface area contributed by atoms with Crippen molar-refractivity contribution < 1.29 is 0 Å². The molecule has 0 aliphatic heterocycles. The number of hydrogen-bond acceptors (Lipinski definition) is 3. The van der Waals surface area contributed by atoms with E-state index in [1.807, 2.05) is 30.3 Å². The third-order valence-corrected chi connectivity index (χ3v) is 3.21. The standard InChI is InChI=1S/C15H16ClN5S/c16-12-7-4-8-18-13(12)10-20-15(21-14(17)22)19-9-11-5-2-1-3-6-11/h1-8H,9-10H2,(H4,17,19,20,21,22). The lowest BCUT2D eigenvalue weighted by Crippen LogP contribution is -2.43. The average Bonchev–Trinajstić information content (AvgIpc) is 2.52. The molecule has 0 fully saturated rings. The number of benzene rings is 1. The Hall–Kier alpha value is -2.18. The first kappa shape index (κ1) is 16.2. The monoisotopic (exact) mass is 333 g/mol. The molecule has 0 amide bonds. The van der Waals surface area contributed by atoms with Gasteiger partial charge in [-0.2, -0.15) is 0 Å². The fraction of sp³-hybridized carbons (Fsp3) is 0.133. The summed E-state index contributed by atoms with van der Waals surface area (Å²) >= 11 is 10.9. The topological polar surface area (TPSA) is 75.3 Å². The van der Waals surface area contributed by atoms with Crippen molar-refractivity contribution >= 4 is 34.9 Å². The summed E-state index contributed by atoms with van der Waals surface area (Å²) in [4.78, 5) is 8.64. The van der Waals surface area contributed by atoms with Crippen LogP contribution in [0.25, 0.3) is 0 Å². The van der Waals surface area contributed by atoms with E-state index in [1.165, 1.54) is 0 Å². The Morgan fingerprint density at radius 1 is 1.23 bits per heavy atom. The van der Waals surface area contributed by atoms with Crippen LogP contribution >= 0.6 is 23.8 Å². The van der Waals surface area contributed by atoms with Crippen LogP contribution in [0.5, 0.6) is 0 Å². The molecule has 2 rings (SSSR count). The molecule has 22 heavy (non-hydrogen) atoms. The molecule has 0 spiro atoms. The highest BCUT2D eigenvalue weighted by Gasteiger charge is 2.04. The van der Waals surface area contributed by atoms with Crippen LogP contribution in [0.4, 0.5) is 0 Å². The number of nitrogens with two attached hydrogens (primary N) is 1. The number of nitrogens with one attached hydrogen (secondary N) is 2. The third kappa shape index (κ3) is 5.31. The highest BCUT2D eigenvalue weighted by atomic mass is 35.5. The molecule has 4 N–H and O–H groups in total. The predicted molar refractivity (Wildman–Crippen MR) is 93.6 cm³/mol. The Morgan fingerprint density at radius 2 is 2.00 bits per heavy atom. The first-order chi connectivity index (χ1) is 10.6. The largest absolute Gasteiger partial charge is 0.376 e. The van der Waals surface area contributed by atoms with E-state index in [9.17, 15) is 0 Å². The van der Waals surface area contributed by atoms with Crippen molar-refractivity contribution in [2.24, 2.45) is 10.7 Å². The molecule has 0 saturated heterocycles. The summed E-state index contributed by atoms with van der Waals surface area (Å²) in [6.07, 6.45) is 1.69. The van der Waals surface area contributed by atoms with Gasteiger partial charge in [-0.25, -0.2) is 4.99 Å². The Labute approximate surface area is 139 Å². The lowest BCUT2D eigenvalue weighted by atomic mass is 10.2. The van der Waals surface area contributed by atoms with Gasteiger partial charge in [0, 0.05) is 6.20 Å². The molecular weight excluding hydrogens is 318 g/mol. The summed E-state index contributed by atoms with van der Waals surface area (Å²) < 4.78 is 0. The number of nitrogens with zero attached hydrogens (tertiary/aromatic N) is 2. The van der Waals surface area contributed by atoms with Crippen molar-refractivity contribution in [3.63, 3.8) is 0 Å². The van der Waals surface area contributed by atoms with Gasteiger partial charge < -0.3 is 16.4 Å². The lowest BCUT2D eigenvalue weighted by molar-refractivity contribution is 0.840. The van der Waals surface area contributed by atoms with Crippen LogP contribution in [0.3, 0.4) is 0 Å². The fourth-order valence-corrected chi connectivity index (χ4v) is 2.01. The predicted octanol–water partition coefficient (Wildman–Crippen LogP) is 2.21. The Balaban J connectivity index is 2.03. The molecule has 1 aromatic heterocycles. The summed E-state index contributed by atoms with van der Waals surface area (Å²) in [5.41, 5.74) is 7.33. The maximum atomic E-state index is 6.07. The molecule has 0 saturated carbocycles. The SMILES string of the molecule is NC(=S)NC(=NCc1ccccc1)NCc1ncccc1Cl. The number of halogens is 1. The number of aromatic nitrogens is 1. The van der Waals surface area contributed by atoms with E-state index in [2.05, 4.69) is 20.6 Å². The Bertz CT molecular complexity index is 660. The maximum absolute atomic E-state index is 6.07. The smallest absolute Gasteiger partial charge is 0.198 e. The van der Waals surface area contributed by atoms with Crippen LogP contribution in [-0.2, 0) is 13.1 Å². The average molecular weight is 334 g/mol. The van der Waals surface area contributed by atoms with Crippen molar-refractivity contribution in [3.05, 3.63) is 64.9 Å². The lowest BCUT2D eigenvalue weighted by Gasteiger charge is -2.11. The van der Waals surface area contributed by atoms with Crippen molar-refractivity contribution in [2.45, 2.75) is 13.1 Å². The van der Waals surface area contributed by atoms with Crippen LogP contribution in [0.1, 0.15) is 11.3 Å². The molecule has 5 nitrogen and oxygen atoms in total. The molecular formula is C15H16ClN5S. The van der Waals surface area contributed by atoms with E-state index in [0.717, 1.165) is 11.3 Å². The van der Waals surface area contributed by atoms with Gasteiger partial charge in [-0.15, -0.1) is 0 Å². The second-order valence-electron chi connectivity index (χ2n) is 4.43. The van der Waals surface area contributed by atoms with E-state index in [0.29, 0.717) is 24.1 Å². The summed E-state index contributed by atoms with van der Waals surface area (Å²) in [5, 5.41) is 6.66.